The Labute approximate surface area is 151 Å². The first kappa shape index (κ1) is 18.7. The largest absolute Gasteiger partial charge is 0.360 e. The van der Waals surface area contributed by atoms with E-state index in [-0.39, 0.29) is 11.2 Å². The van der Waals surface area contributed by atoms with Crippen LogP contribution < -0.4 is 10.6 Å². The van der Waals surface area contributed by atoms with Crippen LogP contribution >= 0.6 is 23.1 Å². The van der Waals surface area contributed by atoms with Crippen LogP contribution in [0.15, 0.2) is 22.5 Å². The third-order valence-corrected chi connectivity index (χ3v) is 5.56. The van der Waals surface area contributed by atoms with Gasteiger partial charge in [-0.3, -0.25) is 4.79 Å². The number of hydrogen-bond donors (Lipinski definition) is 2. The van der Waals surface area contributed by atoms with Crippen LogP contribution in [0.1, 0.15) is 37.8 Å². The number of carbonyl (C=O) groups is 1. The number of aryl methyl sites for hydroxylation is 2. The van der Waals surface area contributed by atoms with Crippen LogP contribution in [0, 0.1) is 13.8 Å². The summed E-state index contributed by atoms with van der Waals surface area (Å²) in [6.45, 7) is 8.98. The SMILES string of the molecule is CCCCNc1nnc(S[C@H](C)C(=O)Nc2ccc(C)cc2C)s1. The molecule has 24 heavy (non-hydrogen) atoms. The first-order valence-electron chi connectivity index (χ1n) is 8.11. The lowest BCUT2D eigenvalue weighted by molar-refractivity contribution is -0.115. The highest BCUT2D eigenvalue weighted by molar-refractivity contribution is 8.02. The Balaban J connectivity index is 1.89. The van der Waals surface area contributed by atoms with Crippen molar-refractivity contribution in [1.29, 1.82) is 0 Å². The molecule has 0 spiro atoms. The zero-order valence-electron chi connectivity index (χ0n) is 14.5. The van der Waals surface area contributed by atoms with Crippen LogP contribution in [-0.4, -0.2) is 27.9 Å². The van der Waals surface area contributed by atoms with E-state index in [0.29, 0.717) is 0 Å². The maximum atomic E-state index is 12.4. The smallest absolute Gasteiger partial charge is 0.237 e. The molecule has 7 heteroatoms. The highest BCUT2D eigenvalue weighted by Gasteiger charge is 2.18. The molecule has 0 saturated carbocycles. The topological polar surface area (TPSA) is 66.9 Å². The minimum absolute atomic E-state index is 0.0253. The van der Waals surface area contributed by atoms with Crippen LogP contribution in [0.25, 0.3) is 0 Å². The van der Waals surface area contributed by atoms with Crippen molar-refractivity contribution in [1.82, 2.24) is 10.2 Å². The minimum atomic E-state index is -0.234. The summed E-state index contributed by atoms with van der Waals surface area (Å²) in [5.41, 5.74) is 3.11. The molecule has 1 atom stereocenters. The van der Waals surface area contributed by atoms with Gasteiger partial charge in [-0.2, -0.15) is 0 Å². The van der Waals surface area contributed by atoms with Crippen LogP contribution in [0.4, 0.5) is 10.8 Å². The third kappa shape index (κ3) is 5.49. The Morgan fingerprint density at radius 2 is 2.12 bits per heavy atom. The molecular weight excluding hydrogens is 340 g/mol. The lowest BCUT2D eigenvalue weighted by atomic mass is 10.1. The van der Waals surface area contributed by atoms with Gasteiger partial charge in [0.25, 0.3) is 0 Å². The maximum Gasteiger partial charge on any atom is 0.237 e. The van der Waals surface area contributed by atoms with E-state index in [1.807, 2.05) is 32.9 Å². The number of thioether (sulfide) groups is 1. The quantitative estimate of drug-likeness (QED) is 0.534. The van der Waals surface area contributed by atoms with Gasteiger partial charge >= 0.3 is 0 Å². The fourth-order valence-electron chi connectivity index (χ4n) is 2.09. The lowest BCUT2D eigenvalue weighted by Gasteiger charge is -2.12. The molecule has 0 unspecified atom stereocenters. The van der Waals surface area contributed by atoms with E-state index in [0.717, 1.165) is 40.1 Å². The van der Waals surface area contributed by atoms with Crippen molar-refractivity contribution in [2.75, 3.05) is 17.2 Å². The zero-order valence-corrected chi connectivity index (χ0v) is 16.2. The third-order valence-electron chi connectivity index (χ3n) is 3.50. The molecule has 2 aromatic rings. The molecule has 1 amide bonds. The number of benzene rings is 1. The lowest BCUT2D eigenvalue weighted by Crippen LogP contribution is -2.22. The molecule has 1 heterocycles. The molecule has 0 aliphatic rings. The van der Waals surface area contributed by atoms with E-state index < -0.39 is 0 Å². The van der Waals surface area contributed by atoms with Gasteiger partial charge in [0.2, 0.25) is 11.0 Å². The number of unbranched alkanes of at least 4 members (excludes halogenated alkanes) is 1. The molecule has 0 fully saturated rings. The molecule has 0 aliphatic heterocycles. The number of hydrogen-bond acceptors (Lipinski definition) is 6. The van der Waals surface area contributed by atoms with Gasteiger partial charge in [-0.15, -0.1) is 10.2 Å². The van der Waals surface area contributed by atoms with Gasteiger partial charge in [0, 0.05) is 12.2 Å². The summed E-state index contributed by atoms with van der Waals surface area (Å²) >= 11 is 2.92. The van der Waals surface area contributed by atoms with Crippen molar-refractivity contribution in [3.8, 4) is 0 Å². The first-order chi connectivity index (χ1) is 11.5. The van der Waals surface area contributed by atoms with E-state index in [1.54, 1.807) is 0 Å². The van der Waals surface area contributed by atoms with Crippen molar-refractivity contribution in [2.45, 2.75) is 50.1 Å². The van der Waals surface area contributed by atoms with Gasteiger partial charge in [0.15, 0.2) is 4.34 Å². The van der Waals surface area contributed by atoms with E-state index >= 15 is 0 Å². The number of anilines is 2. The molecule has 1 aromatic carbocycles. The molecule has 2 rings (SSSR count). The zero-order chi connectivity index (χ0) is 17.5. The number of carbonyl (C=O) groups excluding carboxylic acids is 1. The number of amides is 1. The predicted octanol–water partition coefficient (Wildman–Crippen LogP) is 4.49. The van der Waals surface area contributed by atoms with Crippen LogP contribution in [0.2, 0.25) is 0 Å². The number of nitrogens with zero attached hydrogens (tertiary/aromatic N) is 2. The Bertz CT molecular complexity index is 687. The molecular formula is C17H24N4OS2. The fraction of sp³-hybridized carbons (Fsp3) is 0.471. The predicted molar refractivity (Wildman–Crippen MR) is 103 cm³/mol. The van der Waals surface area contributed by atoms with Crippen molar-refractivity contribution < 1.29 is 4.79 Å². The van der Waals surface area contributed by atoms with Crippen LogP contribution in [-0.2, 0) is 4.79 Å². The summed E-state index contributed by atoms with van der Waals surface area (Å²) in [5, 5.41) is 15.1. The average Bonchev–Trinajstić information content (AvgIpc) is 2.97. The standard InChI is InChI=1S/C17H24N4OS2/c1-5-6-9-18-16-20-21-17(24-16)23-13(4)15(22)19-14-8-7-11(2)10-12(14)3/h7-8,10,13H,5-6,9H2,1-4H3,(H,18,20)(H,19,22)/t13-/m1/s1. The molecule has 0 aliphatic carbocycles. The van der Waals surface area contributed by atoms with Gasteiger partial charge in [-0.05, 0) is 38.8 Å². The highest BCUT2D eigenvalue weighted by atomic mass is 32.2. The summed E-state index contributed by atoms with van der Waals surface area (Å²) in [7, 11) is 0. The van der Waals surface area contributed by atoms with Gasteiger partial charge < -0.3 is 10.6 Å². The second-order valence-electron chi connectivity index (χ2n) is 5.72. The Morgan fingerprint density at radius 1 is 1.33 bits per heavy atom. The van der Waals surface area contributed by atoms with Crippen molar-refractivity contribution in [3.63, 3.8) is 0 Å². The summed E-state index contributed by atoms with van der Waals surface area (Å²) < 4.78 is 0.803. The molecule has 1 aromatic heterocycles. The van der Waals surface area contributed by atoms with Gasteiger partial charge in [0.1, 0.15) is 0 Å². The van der Waals surface area contributed by atoms with Crippen molar-refractivity contribution in [3.05, 3.63) is 29.3 Å². The van der Waals surface area contributed by atoms with Gasteiger partial charge in [-0.1, -0.05) is 54.1 Å². The summed E-state index contributed by atoms with van der Waals surface area (Å²) in [4.78, 5) is 12.4. The molecule has 0 saturated heterocycles. The molecule has 130 valence electrons. The summed E-state index contributed by atoms with van der Waals surface area (Å²) in [5.74, 6) is -0.0253. The first-order valence-corrected chi connectivity index (χ1v) is 9.81. The van der Waals surface area contributed by atoms with E-state index in [4.69, 9.17) is 0 Å². The molecule has 0 bridgehead atoms. The minimum Gasteiger partial charge on any atom is -0.360 e. The highest BCUT2D eigenvalue weighted by Crippen LogP contribution is 2.29. The fourth-order valence-corrected chi connectivity index (χ4v) is 4.02. The van der Waals surface area contributed by atoms with Crippen LogP contribution in [0.3, 0.4) is 0 Å². The monoisotopic (exact) mass is 364 g/mol. The van der Waals surface area contributed by atoms with E-state index in [2.05, 4.69) is 33.8 Å². The number of aromatic nitrogens is 2. The van der Waals surface area contributed by atoms with Gasteiger partial charge in [-0.25, -0.2) is 0 Å². The van der Waals surface area contributed by atoms with Crippen molar-refractivity contribution in [2.24, 2.45) is 0 Å². The Hall–Kier alpha value is -1.60. The van der Waals surface area contributed by atoms with Crippen molar-refractivity contribution >= 4 is 39.8 Å². The average molecular weight is 365 g/mol. The van der Waals surface area contributed by atoms with E-state index in [9.17, 15) is 4.79 Å². The van der Waals surface area contributed by atoms with E-state index in [1.165, 1.54) is 28.7 Å². The summed E-state index contributed by atoms with van der Waals surface area (Å²) in [6, 6.07) is 6.01. The van der Waals surface area contributed by atoms with Gasteiger partial charge in [0.05, 0.1) is 5.25 Å². The number of nitrogens with one attached hydrogen (secondary N) is 2. The molecule has 5 nitrogen and oxygen atoms in total. The second-order valence-corrected chi connectivity index (χ2v) is 8.29. The second kappa shape index (κ2) is 9.03. The van der Waals surface area contributed by atoms with Crippen LogP contribution in [0.5, 0.6) is 0 Å². The molecule has 2 N–H and O–H groups in total. The maximum absolute atomic E-state index is 12.4. The molecule has 0 radical (unpaired) electrons. The Morgan fingerprint density at radius 3 is 2.83 bits per heavy atom. The Kier molecular flexibility index (Phi) is 7.05. The summed E-state index contributed by atoms with van der Waals surface area (Å²) in [6.07, 6.45) is 2.25. The normalized spacial score (nSPS) is 12.0. The number of rotatable bonds is 8.